The number of pyridine rings is 1. The van der Waals surface area contributed by atoms with Crippen LogP contribution in [0.4, 0.5) is 0 Å². The highest BCUT2D eigenvalue weighted by Gasteiger charge is 2.25. The highest BCUT2D eigenvalue weighted by Crippen LogP contribution is 2.29. The van der Waals surface area contributed by atoms with Crippen molar-refractivity contribution < 1.29 is 9.84 Å². The molecular weight excluding hydrogens is 214 g/mol. The number of aliphatic hydroxyl groups excluding tert-OH is 1. The summed E-state index contributed by atoms with van der Waals surface area (Å²) >= 11 is 0. The van der Waals surface area contributed by atoms with E-state index in [0.29, 0.717) is 6.61 Å². The van der Waals surface area contributed by atoms with Crippen LogP contribution in [0, 0.1) is 5.92 Å². The summed E-state index contributed by atoms with van der Waals surface area (Å²) in [5.74, 6) is 0.226. The van der Waals surface area contributed by atoms with Gasteiger partial charge in [0.1, 0.15) is 0 Å². The van der Waals surface area contributed by atoms with Crippen molar-refractivity contribution in [3.8, 4) is 0 Å². The van der Waals surface area contributed by atoms with E-state index >= 15 is 0 Å². The fraction of sp³-hybridized carbons (Fsp3) is 0.357. The van der Waals surface area contributed by atoms with Crippen LogP contribution in [0.5, 0.6) is 0 Å². The molecule has 1 N–H and O–H groups in total. The molecule has 0 spiro atoms. The molecule has 3 rings (SSSR count). The maximum absolute atomic E-state index is 10.3. The lowest BCUT2D eigenvalue weighted by atomic mass is 9.94. The lowest BCUT2D eigenvalue weighted by molar-refractivity contribution is 0.0919. The van der Waals surface area contributed by atoms with E-state index < -0.39 is 6.10 Å². The Balaban J connectivity index is 1.94. The van der Waals surface area contributed by atoms with Gasteiger partial charge in [-0.1, -0.05) is 12.1 Å². The van der Waals surface area contributed by atoms with Gasteiger partial charge in [0.15, 0.2) is 0 Å². The van der Waals surface area contributed by atoms with E-state index in [9.17, 15) is 5.11 Å². The predicted molar refractivity (Wildman–Crippen MR) is 65.6 cm³/mol. The number of fused-ring (bicyclic) bond motifs is 1. The van der Waals surface area contributed by atoms with Gasteiger partial charge in [-0.15, -0.1) is 0 Å². The number of rotatable bonds is 2. The lowest BCUT2D eigenvalue weighted by Gasteiger charge is -2.17. The van der Waals surface area contributed by atoms with E-state index in [1.807, 2.05) is 30.3 Å². The molecule has 2 heterocycles. The minimum Gasteiger partial charge on any atom is -0.388 e. The van der Waals surface area contributed by atoms with Crippen molar-refractivity contribution >= 4 is 10.9 Å². The summed E-state index contributed by atoms with van der Waals surface area (Å²) in [6.45, 7) is 1.42. The molecule has 2 unspecified atom stereocenters. The Hall–Kier alpha value is -1.45. The number of aliphatic hydroxyl groups is 1. The highest BCUT2D eigenvalue weighted by molar-refractivity contribution is 5.79. The van der Waals surface area contributed by atoms with Crippen molar-refractivity contribution in [2.24, 2.45) is 5.92 Å². The van der Waals surface area contributed by atoms with Crippen LogP contribution >= 0.6 is 0 Å². The Kier molecular flexibility index (Phi) is 2.79. The molecule has 2 atom stereocenters. The summed E-state index contributed by atoms with van der Waals surface area (Å²) in [7, 11) is 0. The minimum atomic E-state index is -0.429. The first-order chi connectivity index (χ1) is 8.34. The van der Waals surface area contributed by atoms with E-state index in [0.717, 1.165) is 29.5 Å². The van der Waals surface area contributed by atoms with E-state index in [4.69, 9.17) is 4.74 Å². The van der Waals surface area contributed by atoms with E-state index in [-0.39, 0.29) is 5.92 Å². The first-order valence-corrected chi connectivity index (χ1v) is 5.95. The molecule has 2 aromatic rings. The second-order valence-corrected chi connectivity index (χ2v) is 4.52. The van der Waals surface area contributed by atoms with Crippen LogP contribution in [0.25, 0.3) is 10.9 Å². The fourth-order valence-corrected chi connectivity index (χ4v) is 2.35. The largest absolute Gasteiger partial charge is 0.388 e. The topological polar surface area (TPSA) is 42.4 Å². The Morgan fingerprint density at radius 3 is 3.12 bits per heavy atom. The van der Waals surface area contributed by atoms with Gasteiger partial charge in [-0.3, -0.25) is 4.98 Å². The molecule has 88 valence electrons. The van der Waals surface area contributed by atoms with Gasteiger partial charge in [0.2, 0.25) is 0 Å². The number of hydrogen-bond acceptors (Lipinski definition) is 3. The molecule has 0 bridgehead atoms. The maximum Gasteiger partial charge on any atom is 0.0841 e. The van der Waals surface area contributed by atoms with Crippen LogP contribution in [0.3, 0.4) is 0 Å². The van der Waals surface area contributed by atoms with Crippen molar-refractivity contribution in [1.82, 2.24) is 4.98 Å². The molecule has 1 aliphatic heterocycles. The molecule has 0 saturated carbocycles. The van der Waals surface area contributed by atoms with Crippen LogP contribution in [-0.2, 0) is 4.74 Å². The van der Waals surface area contributed by atoms with Gasteiger partial charge in [-0.2, -0.15) is 0 Å². The van der Waals surface area contributed by atoms with Crippen LogP contribution in [-0.4, -0.2) is 23.3 Å². The van der Waals surface area contributed by atoms with Crippen LogP contribution < -0.4 is 0 Å². The SMILES string of the molecule is OC(c1ccc2ncccc2c1)C1CCOC1. The van der Waals surface area contributed by atoms with Gasteiger partial charge >= 0.3 is 0 Å². The zero-order valence-corrected chi connectivity index (χ0v) is 9.54. The van der Waals surface area contributed by atoms with Crippen molar-refractivity contribution in [3.63, 3.8) is 0 Å². The number of ether oxygens (including phenoxy) is 1. The smallest absolute Gasteiger partial charge is 0.0841 e. The third-order valence-corrected chi connectivity index (χ3v) is 3.38. The van der Waals surface area contributed by atoms with Crippen molar-refractivity contribution in [2.75, 3.05) is 13.2 Å². The molecule has 3 nitrogen and oxygen atoms in total. The molecule has 17 heavy (non-hydrogen) atoms. The molecule has 0 radical (unpaired) electrons. The molecule has 0 aliphatic carbocycles. The van der Waals surface area contributed by atoms with Crippen molar-refractivity contribution in [2.45, 2.75) is 12.5 Å². The van der Waals surface area contributed by atoms with E-state index in [1.165, 1.54) is 0 Å². The third-order valence-electron chi connectivity index (χ3n) is 3.38. The summed E-state index contributed by atoms with van der Waals surface area (Å²) in [5.41, 5.74) is 1.92. The predicted octanol–water partition coefficient (Wildman–Crippen LogP) is 2.30. The summed E-state index contributed by atoms with van der Waals surface area (Å²) in [5, 5.41) is 11.4. The quantitative estimate of drug-likeness (QED) is 0.859. The molecule has 3 heteroatoms. The van der Waals surface area contributed by atoms with Gasteiger partial charge in [0.05, 0.1) is 18.2 Å². The lowest BCUT2D eigenvalue weighted by Crippen LogP contribution is -2.12. The highest BCUT2D eigenvalue weighted by atomic mass is 16.5. The Bertz CT molecular complexity index is 520. The molecule has 1 saturated heterocycles. The Labute approximate surface area is 100 Å². The third kappa shape index (κ3) is 2.04. The average Bonchev–Trinajstić information content (AvgIpc) is 2.91. The zero-order chi connectivity index (χ0) is 11.7. The minimum absolute atomic E-state index is 0.226. The number of nitrogens with zero attached hydrogens (tertiary/aromatic N) is 1. The summed E-state index contributed by atoms with van der Waals surface area (Å²) < 4.78 is 5.31. The normalized spacial score (nSPS) is 21.8. The fourth-order valence-electron chi connectivity index (χ4n) is 2.35. The number of aromatic nitrogens is 1. The standard InChI is InChI=1S/C14H15NO2/c16-14(12-5-7-17-9-12)11-3-4-13-10(8-11)2-1-6-15-13/h1-4,6,8,12,14,16H,5,7,9H2. The van der Waals surface area contributed by atoms with Crippen LogP contribution in [0.2, 0.25) is 0 Å². The molecule has 0 amide bonds. The van der Waals surface area contributed by atoms with Gasteiger partial charge in [-0.25, -0.2) is 0 Å². The second kappa shape index (κ2) is 4.43. The first-order valence-electron chi connectivity index (χ1n) is 5.95. The van der Waals surface area contributed by atoms with Gasteiger partial charge in [-0.05, 0) is 30.2 Å². The van der Waals surface area contributed by atoms with Crippen LogP contribution in [0.1, 0.15) is 18.1 Å². The van der Waals surface area contributed by atoms with Gasteiger partial charge in [0.25, 0.3) is 0 Å². The molecule has 1 aromatic carbocycles. The van der Waals surface area contributed by atoms with E-state index in [2.05, 4.69) is 4.98 Å². The monoisotopic (exact) mass is 229 g/mol. The summed E-state index contributed by atoms with van der Waals surface area (Å²) in [4.78, 5) is 4.27. The molecule has 1 fully saturated rings. The number of hydrogen-bond donors (Lipinski definition) is 1. The zero-order valence-electron chi connectivity index (χ0n) is 9.54. The molecular formula is C14H15NO2. The average molecular weight is 229 g/mol. The van der Waals surface area contributed by atoms with Crippen molar-refractivity contribution in [1.29, 1.82) is 0 Å². The van der Waals surface area contributed by atoms with Crippen LogP contribution in [0.15, 0.2) is 36.5 Å². The van der Waals surface area contributed by atoms with Gasteiger partial charge < -0.3 is 9.84 Å². The van der Waals surface area contributed by atoms with Gasteiger partial charge in [0, 0.05) is 24.1 Å². The summed E-state index contributed by atoms with van der Waals surface area (Å²) in [6, 6.07) is 9.87. The Morgan fingerprint density at radius 2 is 2.29 bits per heavy atom. The molecule has 1 aliphatic rings. The first kappa shape index (κ1) is 10.7. The van der Waals surface area contributed by atoms with E-state index in [1.54, 1.807) is 6.20 Å². The maximum atomic E-state index is 10.3. The summed E-state index contributed by atoms with van der Waals surface area (Å²) in [6.07, 6.45) is 2.29. The number of benzene rings is 1. The van der Waals surface area contributed by atoms with Crippen molar-refractivity contribution in [3.05, 3.63) is 42.1 Å². The second-order valence-electron chi connectivity index (χ2n) is 4.52. The molecule has 1 aromatic heterocycles. The Morgan fingerprint density at radius 1 is 1.35 bits per heavy atom.